The fourth-order valence-corrected chi connectivity index (χ4v) is 3.85. The van der Waals surface area contributed by atoms with Crippen molar-refractivity contribution in [2.24, 2.45) is 0 Å². The second-order valence-electron chi connectivity index (χ2n) is 7.85. The Bertz CT molecular complexity index is 1320. The van der Waals surface area contributed by atoms with Crippen molar-refractivity contribution >= 4 is 41.0 Å². The van der Waals surface area contributed by atoms with Crippen LogP contribution in [0.15, 0.2) is 66.7 Å². The van der Waals surface area contributed by atoms with Crippen LogP contribution in [0.4, 0.5) is 5.69 Å². The van der Waals surface area contributed by atoms with Gasteiger partial charge in [-0.05, 0) is 55.3 Å². The monoisotopic (exact) mass is 476 g/mol. The number of amides is 3. The number of halogens is 1. The van der Waals surface area contributed by atoms with Gasteiger partial charge < -0.3 is 10.1 Å². The van der Waals surface area contributed by atoms with E-state index in [1.165, 1.54) is 25.1 Å². The van der Waals surface area contributed by atoms with Crippen molar-refractivity contribution < 1.29 is 23.9 Å². The molecule has 3 amide bonds. The van der Waals surface area contributed by atoms with Crippen LogP contribution in [-0.2, 0) is 16.1 Å². The van der Waals surface area contributed by atoms with Gasteiger partial charge in [0.25, 0.3) is 17.7 Å². The first-order chi connectivity index (χ1) is 16.3. The smallest absolute Gasteiger partial charge is 0.338 e. The van der Waals surface area contributed by atoms with Crippen LogP contribution < -0.4 is 10.2 Å². The normalized spacial score (nSPS) is 13.4. The van der Waals surface area contributed by atoms with E-state index in [0.717, 1.165) is 16.0 Å². The number of anilines is 1. The predicted molar refractivity (Wildman–Crippen MR) is 127 cm³/mol. The highest BCUT2D eigenvalue weighted by Gasteiger charge is 2.38. The number of aryl methyl sites for hydroxylation is 1. The van der Waals surface area contributed by atoms with Crippen molar-refractivity contribution in [1.29, 1.82) is 0 Å². The first-order valence-electron chi connectivity index (χ1n) is 10.6. The van der Waals surface area contributed by atoms with E-state index in [9.17, 15) is 19.2 Å². The molecule has 0 bridgehead atoms. The zero-order valence-electron chi connectivity index (χ0n) is 18.5. The van der Waals surface area contributed by atoms with E-state index < -0.39 is 29.8 Å². The molecule has 34 heavy (non-hydrogen) atoms. The highest BCUT2D eigenvalue weighted by Crippen LogP contribution is 2.31. The lowest BCUT2D eigenvalue weighted by Gasteiger charge is -2.16. The Hall–Kier alpha value is -3.97. The number of esters is 1. The molecule has 1 aliphatic rings. The van der Waals surface area contributed by atoms with E-state index in [0.29, 0.717) is 10.7 Å². The number of para-hydroxylation sites is 1. The van der Waals surface area contributed by atoms with Crippen LogP contribution in [0.5, 0.6) is 0 Å². The number of ether oxygens (including phenoxy) is 1. The predicted octanol–water partition coefficient (Wildman–Crippen LogP) is 4.31. The number of hydrogen-bond acceptors (Lipinski definition) is 5. The molecule has 3 aromatic carbocycles. The van der Waals surface area contributed by atoms with Gasteiger partial charge in [0, 0.05) is 11.6 Å². The van der Waals surface area contributed by atoms with Crippen LogP contribution in [0.3, 0.4) is 0 Å². The minimum absolute atomic E-state index is 0.0669. The van der Waals surface area contributed by atoms with E-state index >= 15 is 0 Å². The molecule has 0 aliphatic carbocycles. The van der Waals surface area contributed by atoms with Crippen LogP contribution in [-0.4, -0.2) is 29.8 Å². The van der Waals surface area contributed by atoms with Gasteiger partial charge in [-0.1, -0.05) is 48.0 Å². The summed E-state index contributed by atoms with van der Waals surface area (Å²) in [4.78, 5) is 52.0. The number of nitrogens with one attached hydrogen (secondary N) is 1. The third-order valence-corrected chi connectivity index (χ3v) is 5.91. The molecule has 1 atom stereocenters. The topological polar surface area (TPSA) is 92.8 Å². The summed E-state index contributed by atoms with van der Waals surface area (Å²) in [5.41, 5.74) is 2.37. The Morgan fingerprint density at radius 1 is 0.971 bits per heavy atom. The number of hydrogen-bond donors (Lipinski definition) is 1. The molecule has 0 fully saturated rings. The summed E-state index contributed by atoms with van der Waals surface area (Å²) >= 11 is 6.09. The fraction of sp³-hybridized carbons (Fsp3) is 0.154. The molecule has 0 radical (unpaired) electrons. The number of fused-ring (bicyclic) bond motifs is 1. The zero-order chi connectivity index (χ0) is 24.4. The lowest BCUT2D eigenvalue weighted by molar-refractivity contribution is -0.129. The number of imide groups is 1. The standard InChI is InChI=1S/C26H21ClN2O5/c1-15-7-3-6-10-22(15)29-24(31)19-12-11-17(13-20(19)25(29)32)26(33)34-16(2)23(30)28-14-18-8-4-5-9-21(18)27/h3-13,16H,14H2,1-2H3,(H,28,30). The molecule has 1 unspecified atom stereocenters. The van der Waals surface area contributed by atoms with Gasteiger partial charge in [0.2, 0.25) is 0 Å². The van der Waals surface area contributed by atoms with Crippen molar-refractivity contribution in [3.63, 3.8) is 0 Å². The maximum atomic E-state index is 13.0. The molecule has 0 aromatic heterocycles. The number of rotatable bonds is 6. The summed E-state index contributed by atoms with van der Waals surface area (Å²) < 4.78 is 5.28. The number of carbonyl (C=O) groups is 4. The van der Waals surface area contributed by atoms with Gasteiger partial charge in [0.05, 0.1) is 22.4 Å². The summed E-state index contributed by atoms with van der Waals surface area (Å²) in [6.07, 6.45) is -1.08. The number of carbonyl (C=O) groups excluding carboxylic acids is 4. The number of benzene rings is 3. The minimum Gasteiger partial charge on any atom is -0.449 e. The summed E-state index contributed by atoms with van der Waals surface area (Å²) in [5, 5.41) is 3.19. The zero-order valence-corrected chi connectivity index (χ0v) is 19.3. The largest absolute Gasteiger partial charge is 0.449 e. The molecule has 8 heteroatoms. The summed E-state index contributed by atoms with van der Waals surface area (Å²) in [6, 6.07) is 18.3. The van der Waals surface area contributed by atoms with Crippen molar-refractivity contribution in [3.8, 4) is 0 Å². The van der Waals surface area contributed by atoms with Crippen LogP contribution >= 0.6 is 11.6 Å². The van der Waals surface area contributed by atoms with E-state index in [1.807, 2.05) is 6.07 Å². The van der Waals surface area contributed by atoms with E-state index in [2.05, 4.69) is 5.32 Å². The van der Waals surface area contributed by atoms with Crippen LogP contribution in [0.2, 0.25) is 5.02 Å². The Morgan fingerprint density at radius 3 is 2.38 bits per heavy atom. The molecule has 4 rings (SSSR count). The Labute approximate surface area is 201 Å². The summed E-state index contributed by atoms with van der Waals surface area (Å²) in [7, 11) is 0. The van der Waals surface area contributed by atoms with E-state index in [-0.39, 0.29) is 23.2 Å². The second kappa shape index (κ2) is 9.49. The average molecular weight is 477 g/mol. The second-order valence-corrected chi connectivity index (χ2v) is 8.26. The maximum Gasteiger partial charge on any atom is 0.338 e. The third kappa shape index (κ3) is 4.43. The lowest BCUT2D eigenvalue weighted by atomic mass is 10.1. The van der Waals surface area contributed by atoms with Gasteiger partial charge in [0.15, 0.2) is 6.10 Å². The lowest BCUT2D eigenvalue weighted by Crippen LogP contribution is -2.35. The van der Waals surface area contributed by atoms with Gasteiger partial charge in [-0.3, -0.25) is 14.4 Å². The van der Waals surface area contributed by atoms with Gasteiger partial charge in [-0.2, -0.15) is 0 Å². The average Bonchev–Trinajstić information content (AvgIpc) is 3.08. The molecule has 0 spiro atoms. The quantitative estimate of drug-likeness (QED) is 0.422. The molecule has 1 N–H and O–H groups in total. The van der Waals surface area contributed by atoms with Gasteiger partial charge in [-0.15, -0.1) is 0 Å². The van der Waals surface area contributed by atoms with Crippen LogP contribution in [0, 0.1) is 6.92 Å². The Balaban J connectivity index is 1.45. The van der Waals surface area contributed by atoms with Crippen molar-refractivity contribution in [2.75, 3.05) is 4.90 Å². The summed E-state index contributed by atoms with van der Waals surface area (Å²) in [6.45, 7) is 3.44. The van der Waals surface area contributed by atoms with Gasteiger partial charge in [0.1, 0.15) is 0 Å². The minimum atomic E-state index is -1.08. The van der Waals surface area contributed by atoms with Gasteiger partial charge >= 0.3 is 5.97 Å². The molecular formula is C26H21ClN2O5. The first kappa shape index (κ1) is 23.2. The maximum absolute atomic E-state index is 13.0. The molecule has 1 aliphatic heterocycles. The third-order valence-electron chi connectivity index (χ3n) is 5.54. The van der Waals surface area contributed by atoms with Gasteiger partial charge in [-0.25, -0.2) is 9.69 Å². The molecular weight excluding hydrogens is 456 g/mol. The highest BCUT2D eigenvalue weighted by atomic mass is 35.5. The van der Waals surface area contributed by atoms with Crippen molar-refractivity contribution in [2.45, 2.75) is 26.5 Å². The fourth-order valence-electron chi connectivity index (χ4n) is 3.65. The molecule has 1 heterocycles. The molecule has 0 saturated carbocycles. The molecule has 3 aromatic rings. The van der Waals surface area contributed by atoms with E-state index in [1.54, 1.807) is 49.4 Å². The van der Waals surface area contributed by atoms with E-state index in [4.69, 9.17) is 16.3 Å². The SMILES string of the molecule is Cc1ccccc1N1C(=O)c2ccc(C(=O)OC(C)C(=O)NCc3ccccc3Cl)cc2C1=O. The number of nitrogens with zero attached hydrogens (tertiary/aromatic N) is 1. The van der Waals surface area contributed by atoms with Crippen molar-refractivity contribution in [1.82, 2.24) is 5.32 Å². The van der Waals surface area contributed by atoms with Crippen LogP contribution in [0.1, 0.15) is 49.1 Å². The summed E-state index contributed by atoms with van der Waals surface area (Å²) in [5.74, 6) is -2.25. The Kier molecular flexibility index (Phi) is 6.47. The van der Waals surface area contributed by atoms with Crippen molar-refractivity contribution in [3.05, 3.63) is 99.6 Å². The van der Waals surface area contributed by atoms with Crippen LogP contribution in [0.25, 0.3) is 0 Å². The molecule has 0 saturated heterocycles. The molecule has 172 valence electrons. The first-order valence-corrected chi connectivity index (χ1v) is 11.0. The molecule has 7 nitrogen and oxygen atoms in total. The Morgan fingerprint density at radius 2 is 1.65 bits per heavy atom. The highest BCUT2D eigenvalue weighted by molar-refractivity contribution is 6.35.